The van der Waals surface area contributed by atoms with E-state index in [4.69, 9.17) is 16.1 Å². The lowest BCUT2D eigenvalue weighted by atomic mass is 9.92. The van der Waals surface area contributed by atoms with Crippen LogP contribution in [0.5, 0.6) is 0 Å². The first-order valence-electron chi connectivity index (χ1n) is 6.28. The molecule has 0 fully saturated rings. The van der Waals surface area contributed by atoms with Crippen LogP contribution < -0.4 is 5.32 Å². The first kappa shape index (κ1) is 13.6. The largest absolute Gasteiger partial charge is 0.338 e. The maximum atomic E-state index is 12.0. The van der Waals surface area contributed by atoms with Crippen LogP contribution in [-0.4, -0.2) is 16.7 Å². The van der Waals surface area contributed by atoms with Crippen LogP contribution >= 0.6 is 11.6 Å². The Morgan fingerprint density at radius 3 is 2.38 bits per heavy atom. The van der Waals surface area contributed by atoms with Crippen LogP contribution in [-0.2, 0) is 4.79 Å². The van der Waals surface area contributed by atoms with Crippen molar-refractivity contribution in [2.75, 3.05) is 5.32 Å². The molecule has 0 amide bonds. The van der Waals surface area contributed by atoms with E-state index in [0.717, 1.165) is 11.3 Å². The molecular formula is C15H11ClN2O3. The van der Waals surface area contributed by atoms with E-state index >= 15 is 0 Å². The molecule has 0 unspecified atom stereocenters. The summed E-state index contributed by atoms with van der Waals surface area (Å²) in [5.74, 6) is -0.934. The van der Waals surface area contributed by atoms with Gasteiger partial charge in [0.2, 0.25) is 17.5 Å². The molecule has 0 saturated heterocycles. The van der Waals surface area contributed by atoms with E-state index in [1.807, 2.05) is 13.8 Å². The van der Waals surface area contributed by atoms with E-state index in [0.29, 0.717) is 22.7 Å². The monoisotopic (exact) mass is 302 g/mol. The summed E-state index contributed by atoms with van der Waals surface area (Å²) in [6.07, 6.45) is 0. The number of hydrogen-bond acceptors (Lipinski definition) is 5. The molecule has 5 nitrogen and oxygen atoms in total. The molecule has 21 heavy (non-hydrogen) atoms. The van der Waals surface area contributed by atoms with E-state index in [2.05, 4.69) is 10.5 Å². The van der Waals surface area contributed by atoms with Crippen molar-refractivity contribution >= 4 is 34.7 Å². The number of nitrogens with one attached hydrogen (secondary N) is 1. The number of allylic oxidation sites excluding steroid dienone is 1. The molecule has 1 aromatic heterocycles. The highest BCUT2D eigenvalue weighted by Gasteiger charge is 2.32. The van der Waals surface area contributed by atoms with Crippen LogP contribution in [0.4, 0.5) is 5.88 Å². The van der Waals surface area contributed by atoms with E-state index in [1.165, 1.54) is 0 Å². The van der Waals surface area contributed by atoms with Crippen LogP contribution in [0.25, 0.3) is 5.70 Å². The fourth-order valence-corrected chi connectivity index (χ4v) is 2.36. The standard InChI is InChI=1S/C15H11ClN2O3/c1-7-8(2)18-21-15(7)17-12-9-5-3-4-6-10(9)13(19)14(20)11(12)16/h3-6,17H,1-2H3. The number of rotatable bonds is 2. The van der Waals surface area contributed by atoms with Gasteiger partial charge >= 0.3 is 0 Å². The number of fused-ring (bicyclic) bond motifs is 1. The third kappa shape index (κ3) is 2.06. The number of carbonyl (C=O) groups excluding carboxylic acids is 2. The highest BCUT2D eigenvalue weighted by atomic mass is 35.5. The molecular weight excluding hydrogens is 292 g/mol. The minimum atomic E-state index is -0.730. The van der Waals surface area contributed by atoms with Crippen molar-refractivity contribution in [3.05, 3.63) is 51.7 Å². The topological polar surface area (TPSA) is 72.2 Å². The van der Waals surface area contributed by atoms with Gasteiger partial charge in [-0.15, -0.1) is 0 Å². The average molecular weight is 303 g/mol. The zero-order valence-corrected chi connectivity index (χ0v) is 12.1. The van der Waals surface area contributed by atoms with Crippen molar-refractivity contribution in [1.29, 1.82) is 0 Å². The minimum absolute atomic E-state index is 0.146. The van der Waals surface area contributed by atoms with Crippen LogP contribution in [0.15, 0.2) is 33.8 Å². The first-order valence-corrected chi connectivity index (χ1v) is 6.66. The van der Waals surface area contributed by atoms with Gasteiger partial charge in [0, 0.05) is 16.7 Å². The van der Waals surface area contributed by atoms with Gasteiger partial charge in [-0.25, -0.2) is 0 Å². The second kappa shape index (κ2) is 4.86. The van der Waals surface area contributed by atoms with Gasteiger partial charge in [0.05, 0.1) is 11.4 Å². The summed E-state index contributed by atoms with van der Waals surface area (Å²) in [4.78, 5) is 23.9. The summed E-state index contributed by atoms with van der Waals surface area (Å²) in [5, 5.41) is 6.67. The summed E-state index contributed by atoms with van der Waals surface area (Å²) in [6.45, 7) is 3.65. The molecule has 1 N–H and O–H groups in total. The van der Waals surface area contributed by atoms with Crippen molar-refractivity contribution in [1.82, 2.24) is 5.16 Å². The average Bonchev–Trinajstić information content (AvgIpc) is 2.81. The summed E-state index contributed by atoms with van der Waals surface area (Å²) < 4.78 is 5.17. The van der Waals surface area contributed by atoms with Gasteiger partial charge in [0.15, 0.2) is 0 Å². The van der Waals surface area contributed by atoms with Gasteiger partial charge < -0.3 is 9.84 Å². The Morgan fingerprint density at radius 1 is 1.10 bits per heavy atom. The highest BCUT2D eigenvalue weighted by molar-refractivity contribution is 6.64. The minimum Gasteiger partial charge on any atom is -0.338 e. The van der Waals surface area contributed by atoms with Gasteiger partial charge in [-0.2, -0.15) is 0 Å². The SMILES string of the molecule is Cc1noc(NC2=C(Cl)C(=O)C(=O)c3ccccc32)c1C. The lowest BCUT2D eigenvalue weighted by Crippen LogP contribution is -2.24. The molecule has 0 bridgehead atoms. The first-order chi connectivity index (χ1) is 10.0. The number of hydrogen-bond donors (Lipinski definition) is 1. The van der Waals surface area contributed by atoms with E-state index in [9.17, 15) is 9.59 Å². The van der Waals surface area contributed by atoms with Crippen LogP contribution in [0.2, 0.25) is 0 Å². The lowest BCUT2D eigenvalue weighted by molar-refractivity contribution is -0.111. The Bertz CT molecular complexity index is 805. The molecule has 2 aromatic rings. The quantitative estimate of drug-likeness (QED) is 0.863. The number of aromatic nitrogens is 1. The third-order valence-electron chi connectivity index (χ3n) is 3.46. The van der Waals surface area contributed by atoms with E-state index in [1.54, 1.807) is 24.3 Å². The highest BCUT2D eigenvalue weighted by Crippen LogP contribution is 2.33. The van der Waals surface area contributed by atoms with Gasteiger partial charge in [-0.3, -0.25) is 9.59 Å². The molecule has 0 atom stereocenters. The van der Waals surface area contributed by atoms with E-state index in [-0.39, 0.29) is 5.03 Å². The predicted octanol–water partition coefficient (Wildman–Crippen LogP) is 3.08. The number of carbonyl (C=O) groups is 2. The molecule has 1 aromatic carbocycles. The Kier molecular flexibility index (Phi) is 3.14. The molecule has 0 aliphatic heterocycles. The van der Waals surface area contributed by atoms with Gasteiger partial charge in [0.1, 0.15) is 5.03 Å². The van der Waals surface area contributed by atoms with Gasteiger partial charge in [-0.1, -0.05) is 41.0 Å². The predicted molar refractivity (Wildman–Crippen MR) is 78.2 cm³/mol. The molecule has 0 saturated carbocycles. The van der Waals surface area contributed by atoms with Crippen molar-refractivity contribution < 1.29 is 14.1 Å². The summed E-state index contributed by atoms with van der Waals surface area (Å²) >= 11 is 6.05. The van der Waals surface area contributed by atoms with Gasteiger partial charge in [-0.05, 0) is 13.8 Å². The number of anilines is 1. The second-order valence-electron chi connectivity index (χ2n) is 4.74. The molecule has 6 heteroatoms. The molecule has 3 rings (SSSR count). The van der Waals surface area contributed by atoms with E-state index < -0.39 is 11.6 Å². The number of aryl methyl sites for hydroxylation is 1. The van der Waals surface area contributed by atoms with Crippen LogP contribution in [0, 0.1) is 13.8 Å². The number of ketones is 2. The Hall–Kier alpha value is -2.40. The molecule has 0 radical (unpaired) electrons. The molecule has 1 aliphatic rings. The smallest absolute Gasteiger partial charge is 0.247 e. The zero-order valence-electron chi connectivity index (χ0n) is 11.4. The third-order valence-corrected chi connectivity index (χ3v) is 3.82. The van der Waals surface area contributed by atoms with Crippen LogP contribution in [0.1, 0.15) is 27.2 Å². The lowest BCUT2D eigenvalue weighted by Gasteiger charge is -2.18. The van der Waals surface area contributed by atoms with Crippen molar-refractivity contribution in [2.45, 2.75) is 13.8 Å². The zero-order chi connectivity index (χ0) is 15.1. The number of nitrogens with zero attached hydrogens (tertiary/aromatic N) is 1. The fraction of sp³-hybridized carbons (Fsp3) is 0.133. The number of benzene rings is 1. The van der Waals surface area contributed by atoms with Crippen molar-refractivity contribution in [3.63, 3.8) is 0 Å². The summed E-state index contributed by atoms with van der Waals surface area (Å²) in [7, 11) is 0. The molecule has 0 spiro atoms. The summed E-state index contributed by atoms with van der Waals surface area (Å²) in [6, 6.07) is 6.79. The van der Waals surface area contributed by atoms with Crippen molar-refractivity contribution in [3.8, 4) is 0 Å². The Labute approximate surface area is 125 Å². The normalized spacial score (nSPS) is 14.4. The second-order valence-corrected chi connectivity index (χ2v) is 5.12. The molecule has 106 valence electrons. The Balaban J connectivity index is 2.14. The number of Topliss-reactive ketones (excluding diaryl/α,β-unsaturated/α-hetero) is 2. The molecule has 1 heterocycles. The van der Waals surface area contributed by atoms with Crippen molar-refractivity contribution in [2.24, 2.45) is 0 Å². The maximum Gasteiger partial charge on any atom is 0.247 e. The van der Waals surface area contributed by atoms with Gasteiger partial charge in [0.25, 0.3) is 0 Å². The maximum absolute atomic E-state index is 12.0. The molecule has 1 aliphatic carbocycles. The fourth-order valence-electron chi connectivity index (χ4n) is 2.12. The number of halogens is 1. The van der Waals surface area contributed by atoms with Crippen LogP contribution in [0.3, 0.4) is 0 Å². The summed E-state index contributed by atoms with van der Waals surface area (Å²) in [5.41, 5.74) is 2.80. The Morgan fingerprint density at radius 2 is 1.76 bits per heavy atom.